The van der Waals surface area contributed by atoms with E-state index in [1.807, 2.05) is 18.3 Å². The van der Waals surface area contributed by atoms with Crippen LogP contribution in [0.5, 0.6) is 0 Å². The van der Waals surface area contributed by atoms with E-state index in [0.29, 0.717) is 5.56 Å². The molecule has 2 N–H and O–H groups in total. The summed E-state index contributed by atoms with van der Waals surface area (Å²) >= 11 is 0. The second-order valence-electron chi connectivity index (χ2n) is 7.81. The van der Waals surface area contributed by atoms with Gasteiger partial charge in [-0.2, -0.15) is 0 Å². The number of hydrogen-bond donors (Lipinski definition) is 2. The molecule has 0 aliphatic carbocycles. The quantitative estimate of drug-likeness (QED) is 0.499. The molecule has 1 atom stereocenters. The van der Waals surface area contributed by atoms with Crippen LogP contribution in [-0.2, 0) is 4.74 Å². The third-order valence-corrected chi connectivity index (χ3v) is 6.29. The first-order valence-electron chi connectivity index (χ1n) is 10.4. The van der Waals surface area contributed by atoms with Crippen molar-refractivity contribution in [3.8, 4) is 0 Å². The van der Waals surface area contributed by atoms with Crippen LogP contribution in [-0.4, -0.2) is 54.1 Å². The number of methoxy groups -OCH3 is 1. The number of aromatic nitrogens is 2. The Labute approximate surface area is 175 Å². The maximum Gasteiger partial charge on any atom is 0.337 e. The Morgan fingerprint density at radius 2 is 1.97 bits per heavy atom. The van der Waals surface area contributed by atoms with Crippen LogP contribution < -0.4 is 4.90 Å². The molecular weight excluding hydrogens is 376 g/mol. The summed E-state index contributed by atoms with van der Waals surface area (Å²) in [6.07, 6.45) is 4.08. The molecule has 2 aromatic heterocycles. The summed E-state index contributed by atoms with van der Waals surface area (Å²) in [5.41, 5.74) is 5.10. The van der Waals surface area contributed by atoms with Crippen LogP contribution in [0.4, 0.5) is 5.69 Å². The lowest BCUT2D eigenvalue weighted by molar-refractivity contribution is 0.0601. The van der Waals surface area contributed by atoms with E-state index in [1.165, 1.54) is 23.6 Å². The number of aromatic amines is 2. The molecule has 1 saturated heterocycles. The highest BCUT2D eigenvalue weighted by molar-refractivity contribution is 6.01. The third-order valence-electron chi connectivity index (χ3n) is 6.29. The minimum Gasteiger partial charge on any atom is -0.465 e. The van der Waals surface area contributed by atoms with Gasteiger partial charge in [0.15, 0.2) is 0 Å². The fraction of sp³-hybridized carbons (Fsp3) is 0.292. The number of hydrogen-bond acceptors (Lipinski definition) is 4. The van der Waals surface area contributed by atoms with Gasteiger partial charge in [-0.05, 0) is 36.4 Å². The second kappa shape index (κ2) is 7.54. The Bertz CT molecular complexity index is 1210. The van der Waals surface area contributed by atoms with Crippen LogP contribution in [0, 0.1) is 0 Å². The lowest BCUT2D eigenvalue weighted by Crippen LogP contribution is -2.48. The van der Waals surface area contributed by atoms with E-state index in [4.69, 9.17) is 4.74 Å². The number of benzene rings is 2. The monoisotopic (exact) mass is 402 g/mol. The number of likely N-dealkylation sites (N-methyl/N-ethyl adjacent to an activating group) is 1. The molecule has 1 aliphatic heterocycles. The summed E-state index contributed by atoms with van der Waals surface area (Å²) in [5.74, 6) is -0.312. The maximum absolute atomic E-state index is 12.2. The van der Waals surface area contributed by atoms with Gasteiger partial charge in [0.25, 0.3) is 0 Å². The van der Waals surface area contributed by atoms with E-state index in [2.05, 4.69) is 63.2 Å². The van der Waals surface area contributed by atoms with Crippen LogP contribution in [0.25, 0.3) is 21.8 Å². The van der Waals surface area contributed by atoms with Gasteiger partial charge in [-0.25, -0.2) is 4.79 Å². The molecule has 5 rings (SSSR count). The first kappa shape index (κ1) is 18.8. The molecule has 154 valence electrons. The highest BCUT2D eigenvalue weighted by Gasteiger charge is 2.30. The van der Waals surface area contributed by atoms with Gasteiger partial charge in [0.05, 0.1) is 18.7 Å². The van der Waals surface area contributed by atoms with Crippen molar-refractivity contribution in [2.75, 3.05) is 38.2 Å². The zero-order valence-corrected chi connectivity index (χ0v) is 17.3. The first-order chi connectivity index (χ1) is 14.7. The molecule has 3 heterocycles. The summed E-state index contributed by atoms with van der Waals surface area (Å²) in [6.45, 7) is 5.97. The third kappa shape index (κ3) is 3.04. The van der Waals surface area contributed by atoms with Crippen molar-refractivity contribution in [3.05, 3.63) is 66.0 Å². The molecule has 30 heavy (non-hydrogen) atoms. The Balaban J connectivity index is 1.56. The predicted octanol–water partition coefficient (Wildman–Crippen LogP) is 4.32. The number of fused-ring (bicyclic) bond motifs is 2. The van der Waals surface area contributed by atoms with Gasteiger partial charge < -0.3 is 19.6 Å². The van der Waals surface area contributed by atoms with E-state index in [0.717, 1.165) is 42.8 Å². The zero-order chi connectivity index (χ0) is 20.7. The fourth-order valence-electron chi connectivity index (χ4n) is 4.73. The molecule has 1 aliphatic rings. The molecule has 0 spiro atoms. The molecule has 0 radical (unpaired) electrons. The highest BCUT2D eigenvalue weighted by Crippen LogP contribution is 2.35. The van der Waals surface area contributed by atoms with Crippen molar-refractivity contribution >= 4 is 33.5 Å². The van der Waals surface area contributed by atoms with E-state index in [9.17, 15) is 4.79 Å². The number of H-pyrrole nitrogens is 2. The van der Waals surface area contributed by atoms with Gasteiger partial charge >= 0.3 is 5.97 Å². The smallest absolute Gasteiger partial charge is 0.337 e. The van der Waals surface area contributed by atoms with Gasteiger partial charge in [-0.15, -0.1) is 0 Å². The predicted molar refractivity (Wildman–Crippen MR) is 120 cm³/mol. The second-order valence-corrected chi connectivity index (χ2v) is 7.81. The number of esters is 1. The molecule has 2 aromatic carbocycles. The van der Waals surface area contributed by atoms with Crippen LogP contribution in [0.3, 0.4) is 0 Å². The Hall–Kier alpha value is -3.25. The van der Waals surface area contributed by atoms with Gasteiger partial charge in [-0.1, -0.05) is 25.1 Å². The number of piperazine rings is 1. The topological polar surface area (TPSA) is 64.4 Å². The standard InChI is InChI=1S/C24H26N4O2/c1-3-27-10-11-28(15-23(27)19-14-26-20-7-5-4-6-17(19)20)22-13-16(24(29)30-2)12-21-18(22)8-9-25-21/h4-9,12-14,23,25-26H,3,10-11,15H2,1-2H3. The Morgan fingerprint density at radius 1 is 1.10 bits per heavy atom. The molecule has 6 nitrogen and oxygen atoms in total. The summed E-state index contributed by atoms with van der Waals surface area (Å²) in [6, 6.07) is 14.7. The van der Waals surface area contributed by atoms with Crippen LogP contribution in [0.2, 0.25) is 0 Å². The number of nitrogens with one attached hydrogen (secondary N) is 2. The van der Waals surface area contributed by atoms with Crippen molar-refractivity contribution in [2.45, 2.75) is 13.0 Å². The molecule has 0 saturated carbocycles. The Morgan fingerprint density at radius 3 is 2.80 bits per heavy atom. The average molecular weight is 402 g/mol. The van der Waals surface area contributed by atoms with E-state index in [-0.39, 0.29) is 12.0 Å². The normalized spacial score (nSPS) is 17.7. The molecule has 1 fully saturated rings. The van der Waals surface area contributed by atoms with Crippen LogP contribution in [0.1, 0.15) is 28.9 Å². The number of anilines is 1. The zero-order valence-electron chi connectivity index (χ0n) is 17.3. The summed E-state index contributed by atoms with van der Waals surface area (Å²) < 4.78 is 4.98. The number of nitrogens with zero attached hydrogens (tertiary/aromatic N) is 2. The van der Waals surface area contributed by atoms with Crippen molar-refractivity contribution in [1.82, 2.24) is 14.9 Å². The van der Waals surface area contributed by atoms with Gasteiger partial charge in [0, 0.05) is 59.5 Å². The average Bonchev–Trinajstić information content (AvgIpc) is 3.44. The van der Waals surface area contributed by atoms with E-state index < -0.39 is 0 Å². The molecule has 0 amide bonds. The van der Waals surface area contributed by atoms with E-state index in [1.54, 1.807) is 0 Å². The lowest BCUT2D eigenvalue weighted by Gasteiger charge is -2.42. The maximum atomic E-state index is 12.2. The number of rotatable bonds is 4. The molecule has 1 unspecified atom stereocenters. The SMILES string of the molecule is CCN1CCN(c2cc(C(=O)OC)cc3[nH]ccc23)CC1c1c[nH]c2ccccc12. The van der Waals surface area contributed by atoms with Crippen molar-refractivity contribution in [1.29, 1.82) is 0 Å². The summed E-state index contributed by atoms with van der Waals surface area (Å²) in [4.78, 5) is 23.9. The lowest BCUT2D eigenvalue weighted by atomic mass is 10.00. The van der Waals surface area contributed by atoms with E-state index >= 15 is 0 Å². The minimum atomic E-state index is -0.312. The Kier molecular flexibility index (Phi) is 4.71. The van der Waals surface area contributed by atoms with Crippen molar-refractivity contribution in [2.24, 2.45) is 0 Å². The number of ether oxygens (including phenoxy) is 1. The van der Waals surface area contributed by atoms with Gasteiger partial charge in [0.1, 0.15) is 0 Å². The summed E-state index contributed by atoms with van der Waals surface area (Å²) in [5, 5.41) is 2.41. The van der Waals surface area contributed by atoms with Crippen LogP contribution >= 0.6 is 0 Å². The van der Waals surface area contributed by atoms with Gasteiger partial charge in [0.2, 0.25) is 0 Å². The van der Waals surface area contributed by atoms with Crippen LogP contribution in [0.15, 0.2) is 54.9 Å². The molecule has 6 heteroatoms. The number of carbonyl (C=O) groups excluding carboxylic acids is 1. The molecule has 0 bridgehead atoms. The van der Waals surface area contributed by atoms with Crippen molar-refractivity contribution < 1.29 is 9.53 Å². The molecule has 4 aromatic rings. The van der Waals surface area contributed by atoms with Crippen molar-refractivity contribution in [3.63, 3.8) is 0 Å². The number of carbonyl (C=O) groups is 1. The van der Waals surface area contributed by atoms with Gasteiger partial charge in [-0.3, -0.25) is 4.90 Å². The molecular formula is C24H26N4O2. The summed E-state index contributed by atoms with van der Waals surface area (Å²) in [7, 11) is 1.42. The minimum absolute atomic E-state index is 0.274. The fourth-order valence-corrected chi connectivity index (χ4v) is 4.73. The largest absolute Gasteiger partial charge is 0.465 e. The first-order valence-corrected chi connectivity index (χ1v) is 10.4. The number of para-hydroxylation sites is 1. The highest BCUT2D eigenvalue weighted by atomic mass is 16.5.